The molecule has 19 heavy (non-hydrogen) atoms. The summed E-state index contributed by atoms with van der Waals surface area (Å²) in [7, 11) is 3.50. The van der Waals surface area contributed by atoms with Crippen LogP contribution in [0.25, 0.3) is 10.8 Å². The van der Waals surface area contributed by atoms with Crippen molar-refractivity contribution in [3.8, 4) is 5.75 Å². The van der Waals surface area contributed by atoms with Crippen molar-refractivity contribution < 1.29 is 9.53 Å². The largest absolute Gasteiger partial charge is 0.489 e. The summed E-state index contributed by atoms with van der Waals surface area (Å²) >= 11 is 0. The first-order valence-electron chi connectivity index (χ1n) is 6.03. The molecule has 1 amide bonds. The van der Waals surface area contributed by atoms with Crippen LogP contribution in [0.2, 0.25) is 0 Å². The van der Waals surface area contributed by atoms with Crippen LogP contribution in [0.3, 0.4) is 0 Å². The molecule has 0 bridgehead atoms. The molecule has 0 radical (unpaired) electrons. The molecule has 0 fully saturated rings. The Balaban J connectivity index is 2.22. The molecule has 2 aromatic rings. The standard InChI is InChI=1S/C13H14N4O2/c1-14-10-7-19-11-4-3-8-5-15-16-6-9(8)12(11)17(2)13(10)18/h3-6,10,14H,7H2,1-2H3. The van der Waals surface area contributed by atoms with Gasteiger partial charge in [0.05, 0.1) is 18.1 Å². The van der Waals surface area contributed by atoms with Gasteiger partial charge in [-0.25, -0.2) is 0 Å². The number of hydrogen-bond donors (Lipinski definition) is 1. The number of nitrogens with zero attached hydrogens (tertiary/aromatic N) is 3. The second-order valence-corrected chi connectivity index (χ2v) is 4.45. The molecule has 6 nitrogen and oxygen atoms in total. The lowest BCUT2D eigenvalue weighted by molar-refractivity contribution is -0.120. The van der Waals surface area contributed by atoms with Crippen LogP contribution in [-0.2, 0) is 4.79 Å². The Kier molecular flexibility index (Phi) is 2.79. The Labute approximate surface area is 110 Å². The quantitative estimate of drug-likeness (QED) is 0.810. The van der Waals surface area contributed by atoms with Crippen molar-refractivity contribution in [1.29, 1.82) is 0 Å². The van der Waals surface area contributed by atoms with Gasteiger partial charge in [0.2, 0.25) is 5.91 Å². The summed E-state index contributed by atoms with van der Waals surface area (Å²) in [5, 5.41) is 12.5. The molecule has 0 aliphatic carbocycles. The highest BCUT2D eigenvalue weighted by Gasteiger charge is 2.29. The Morgan fingerprint density at radius 3 is 2.95 bits per heavy atom. The molecule has 1 aliphatic rings. The van der Waals surface area contributed by atoms with Crippen LogP contribution in [0.15, 0.2) is 24.5 Å². The predicted molar refractivity (Wildman–Crippen MR) is 71.3 cm³/mol. The molecule has 1 unspecified atom stereocenters. The van der Waals surface area contributed by atoms with E-state index in [9.17, 15) is 4.79 Å². The molecule has 1 aliphatic heterocycles. The first-order valence-corrected chi connectivity index (χ1v) is 6.03. The van der Waals surface area contributed by atoms with Crippen LogP contribution >= 0.6 is 0 Å². The number of rotatable bonds is 1. The summed E-state index contributed by atoms with van der Waals surface area (Å²) in [5.41, 5.74) is 0.746. The van der Waals surface area contributed by atoms with Gasteiger partial charge in [0, 0.05) is 17.8 Å². The molecule has 0 saturated carbocycles. The van der Waals surface area contributed by atoms with E-state index in [4.69, 9.17) is 4.74 Å². The van der Waals surface area contributed by atoms with Crippen LogP contribution in [0, 0.1) is 0 Å². The van der Waals surface area contributed by atoms with Gasteiger partial charge in [0.25, 0.3) is 0 Å². The van der Waals surface area contributed by atoms with Crippen molar-refractivity contribution in [1.82, 2.24) is 15.5 Å². The second kappa shape index (κ2) is 4.47. The summed E-state index contributed by atoms with van der Waals surface area (Å²) in [4.78, 5) is 13.9. The van der Waals surface area contributed by atoms with Gasteiger partial charge in [-0.15, -0.1) is 0 Å². The summed E-state index contributed by atoms with van der Waals surface area (Å²) in [5.74, 6) is 0.666. The monoisotopic (exact) mass is 258 g/mol. The summed E-state index contributed by atoms with van der Waals surface area (Å²) in [6, 6.07) is 3.43. The maximum atomic E-state index is 12.3. The van der Waals surface area contributed by atoms with Crippen molar-refractivity contribution in [3.05, 3.63) is 24.5 Å². The average molecular weight is 258 g/mol. The fraction of sp³-hybridized carbons (Fsp3) is 0.308. The predicted octanol–water partition coefficient (Wildman–Crippen LogP) is 0.573. The minimum Gasteiger partial charge on any atom is -0.489 e. The number of ether oxygens (including phenoxy) is 1. The van der Waals surface area contributed by atoms with Crippen molar-refractivity contribution in [3.63, 3.8) is 0 Å². The average Bonchev–Trinajstić information content (AvgIpc) is 2.57. The van der Waals surface area contributed by atoms with Crippen LogP contribution in [0.1, 0.15) is 0 Å². The normalized spacial score (nSPS) is 18.9. The van der Waals surface area contributed by atoms with E-state index in [2.05, 4.69) is 15.5 Å². The molecule has 1 aromatic carbocycles. The van der Waals surface area contributed by atoms with E-state index in [-0.39, 0.29) is 11.9 Å². The highest BCUT2D eigenvalue weighted by molar-refractivity contribution is 6.07. The van der Waals surface area contributed by atoms with E-state index >= 15 is 0 Å². The molecular formula is C13H14N4O2. The molecular weight excluding hydrogens is 244 g/mol. The minimum absolute atomic E-state index is 0.0226. The van der Waals surface area contributed by atoms with Crippen LogP contribution in [0.5, 0.6) is 5.75 Å². The third-order valence-corrected chi connectivity index (χ3v) is 3.38. The van der Waals surface area contributed by atoms with Gasteiger partial charge in [-0.05, 0) is 19.2 Å². The number of aromatic nitrogens is 2. The first-order chi connectivity index (χ1) is 9.22. The second-order valence-electron chi connectivity index (χ2n) is 4.45. The number of hydrogen-bond acceptors (Lipinski definition) is 5. The van der Waals surface area contributed by atoms with Crippen LogP contribution in [-0.4, -0.2) is 42.8 Å². The SMILES string of the molecule is CNC1COc2ccc3cnncc3c2N(C)C1=O. The topological polar surface area (TPSA) is 67.3 Å². The van der Waals surface area contributed by atoms with Crippen LogP contribution in [0.4, 0.5) is 5.69 Å². The summed E-state index contributed by atoms with van der Waals surface area (Å²) < 4.78 is 5.73. The lowest BCUT2D eigenvalue weighted by atomic mass is 10.1. The van der Waals surface area contributed by atoms with Crippen molar-refractivity contribution in [2.45, 2.75) is 6.04 Å². The molecule has 0 saturated heterocycles. The molecule has 3 rings (SSSR count). The minimum atomic E-state index is -0.345. The van der Waals surface area contributed by atoms with Gasteiger partial charge < -0.3 is 15.0 Å². The van der Waals surface area contributed by atoms with Gasteiger partial charge in [0.15, 0.2) is 0 Å². The fourth-order valence-corrected chi connectivity index (χ4v) is 2.30. The Bertz CT molecular complexity index is 644. The number of nitrogens with one attached hydrogen (secondary N) is 1. The van der Waals surface area contributed by atoms with E-state index in [0.29, 0.717) is 12.4 Å². The smallest absolute Gasteiger partial charge is 0.247 e. The Morgan fingerprint density at radius 2 is 2.16 bits per heavy atom. The number of benzene rings is 1. The number of amides is 1. The third kappa shape index (κ3) is 1.80. The molecule has 1 atom stereocenters. The zero-order chi connectivity index (χ0) is 13.4. The molecule has 2 heterocycles. The number of carbonyl (C=O) groups is 1. The van der Waals surface area contributed by atoms with E-state index in [0.717, 1.165) is 16.5 Å². The summed E-state index contributed by atoms with van der Waals surface area (Å²) in [6.45, 7) is 0.316. The Hall–Kier alpha value is -2.21. The molecule has 6 heteroatoms. The van der Waals surface area contributed by atoms with E-state index in [1.54, 1.807) is 31.4 Å². The lowest BCUT2D eigenvalue weighted by Crippen LogP contribution is -2.45. The van der Waals surface area contributed by atoms with Gasteiger partial charge in [-0.2, -0.15) is 10.2 Å². The van der Waals surface area contributed by atoms with Gasteiger partial charge >= 0.3 is 0 Å². The lowest BCUT2D eigenvalue weighted by Gasteiger charge is -2.20. The highest BCUT2D eigenvalue weighted by atomic mass is 16.5. The van der Waals surface area contributed by atoms with Gasteiger partial charge in [-0.3, -0.25) is 4.79 Å². The van der Waals surface area contributed by atoms with E-state index in [1.807, 2.05) is 12.1 Å². The maximum absolute atomic E-state index is 12.3. The van der Waals surface area contributed by atoms with Crippen molar-refractivity contribution >= 4 is 22.4 Å². The number of likely N-dealkylation sites (N-methyl/N-ethyl adjacent to an activating group) is 2. The first kappa shape index (κ1) is 11.9. The third-order valence-electron chi connectivity index (χ3n) is 3.38. The molecule has 1 aromatic heterocycles. The number of fused-ring (bicyclic) bond motifs is 3. The van der Waals surface area contributed by atoms with E-state index < -0.39 is 0 Å². The van der Waals surface area contributed by atoms with Crippen molar-refractivity contribution in [2.75, 3.05) is 25.6 Å². The summed E-state index contributed by atoms with van der Waals surface area (Å²) in [6.07, 6.45) is 3.33. The number of anilines is 1. The maximum Gasteiger partial charge on any atom is 0.247 e. The van der Waals surface area contributed by atoms with Crippen molar-refractivity contribution in [2.24, 2.45) is 0 Å². The zero-order valence-corrected chi connectivity index (χ0v) is 10.8. The van der Waals surface area contributed by atoms with E-state index in [1.165, 1.54) is 0 Å². The molecule has 1 N–H and O–H groups in total. The fourth-order valence-electron chi connectivity index (χ4n) is 2.30. The number of carbonyl (C=O) groups excluding carboxylic acids is 1. The molecule has 98 valence electrons. The van der Waals surface area contributed by atoms with Crippen LogP contribution < -0.4 is 15.0 Å². The Morgan fingerprint density at radius 1 is 1.37 bits per heavy atom. The molecule has 0 spiro atoms. The highest BCUT2D eigenvalue weighted by Crippen LogP contribution is 2.36. The van der Waals surface area contributed by atoms with Gasteiger partial charge in [-0.1, -0.05) is 0 Å². The van der Waals surface area contributed by atoms with Gasteiger partial charge in [0.1, 0.15) is 18.4 Å². The zero-order valence-electron chi connectivity index (χ0n) is 10.8.